The van der Waals surface area contributed by atoms with Gasteiger partial charge in [0.05, 0.1) is 13.0 Å². The van der Waals surface area contributed by atoms with E-state index in [2.05, 4.69) is 5.32 Å². The van der Waals surface area contributed by atoms with Gasteiger partial charge in [-0.15, -0.1) is 0 Å². The first kappa shape index (κ1) is 22.9. The minimum atomic E-state index is -0.320. The largest absolute Gasteiger partial charge is 0.352 e. The Morgan fingerprint density at radius 2 is 1.26 bits per heavy atom. The highest BCUT2D eigenvalue weighted by atomic mass is 19.1. The number of nitrogens with zero attached hydrogens (tertiary/aromatic N) is 1. The molecule has 4 aromatic rings. The molecule has 5 heteroatoms. The van der Waals surface area contributed by atoms with Crippen LogP contribution in [0.1, 0.15) is 27.0 Å². The van der Waals surface area contributed by atoms with Crippen LogP contribution >= 0.6 is 0 Å². The van der Waals surface area contributed by atoms with Crippen LogP contribution in [-0.2, 0) is 24.3 Å². The lowest BCUT2D eigenvalue weighted by atomic mass is 10.1. The van der Waals surface area contributed by atoms with E-state index in [1.54, 1.807) is 29.2 Å². The van der Waals surface area contributed by atoms with E-state index in [0.29, 0.717) is 24.3 Å². The molecule has 0 aliphatic carbocycles. The maximum Gasteiger partial charge on any atom is 0.258 e. The number of amides is 2. The van der Waals surface area contributed by atoms with Crippen molar-refractivity contribution in [3.63, 3.8) is 0 Å². The van der Waals surface area contributed by atoms with E-state index in [1.165, 1.54) is 12.1 Å². The predicted molar refractivity (Wildman–Crippen MR) is 132 cm³/mol. The fraction of sp³-hybridized carbons (Fsp3) is 0.103. The molecule has 4 aromatic carbocycles. The van der Waals surface area contributed by atoms with Crippen molar-refractivity contribution in [2.75, 3.05) is 4.90 Å². The summed E-state index contributed by atoms with van der Waals surface area (Å²) in [7, 11) is 0. The molecule has 0 saturated heterocycles. The van der Waals surface area contributed by atoms with Gasteiger partial charge < -0.3 is 10.2 Å². The van der Waals surface area contributed by atoms with E-state index >= 15 is 0 Å². The molecule has 4 rings (SSSR count). The maximum absolute atomic E-state index is 13.4. The Hall–Kier alpha value is -4.25. The summed E-state index contributed by atoms with van der Waals surface area (Å²) in [6.07, 6.45) is 0.248. The Balaban J connectivity index is 1.48. The summed E-state index contributed by atoms with van der Waals surface area (Å²) in [6.45, 7) is 0.777. The van der Waals surface area contributed by atoms with Gasteiger partial charge in [-0.05, 0) is 53.1 Å². The van der Waals surface area contributed by atoms with Crippen LogP contribution in [0.2, 0.25) is 0 Å². The van der Waals surface area contributed by atoms with Gasteiger partial charge >= 0.3 is 0 Å². The highest BCUT2D eigenvalue weighted by Gasteiger charge is 2.18. The standard InChI is InChI=1S/C29H25FN2O2/c30-26-15-11-24(12-16-26)21-32(29(34)25-9-5-2-6-10-25)27-17-13-22(14-18-27)19-28(33)31-20-23-7-3-1-4-8-23/h1-18H,19-21H2,(H,31,33). The Labute approximate surface area is 198 Å². The lowest BCUT2D eigenvalue weighted by molar-refractivity contribution is -0.120. The maximum atomic E-state index is 13.4. The topological polar surface area (TPSA) is 49.4 Å². The highest BCUT2D eigenvalue weighted by Crippen LogP contribution is 2.22. The third kappa shape index (κ3) is 6.17. The zero-order valence-electron chi connectivity index (χ0n) is 18.7. The van der Waals surface area contributed by atoms with Gasteiger partial charge in [-0.2, -0.15) is 0 Å². The van der Waals surface area contributed by atoms with E-state index in [0.717, 1.165) is 16.7 Å². The number of benzene rings is 4. The molecule has 2 amide bonds. The summed E-state index contributed by atoms with van der Waals surface area (Å²) >= 11 is 0. The molecule has 0 fully saturated rings. The third-order valence-electron chi connectivity index (χ3n) is 5.47. The summed E-state index contributed by atoms with van der Waals surface area (Å²) in [6, 6.07) is 32.3. The zero-order valence-corrected chi connectivity index (χ0v) is 18.7. The quantitative estimate of drug-likeness (QED) is 0.382. The van der Waals surface area contributed by atoms with Gasteiger partial charge in [0.25, 0.3) is 5.91 Å². The van der Waals surface area contributed by atoms with Gasteiger partial charge in [0.2, 0.25) is 5.91 Å². The predicted octanol–water partition coefficient (Wildman–Crippen LogP) is 5.53. The summed E-state index contributed by atoms with van der Waals surface area (Å²) in [5.41, 5.74) is 3.97. The minimum absolute atomic E-state index is 0.0693. The minimum Gasteiger partial charge on any atom is -0.352 e. The number of hydrogen-bond donors (Lipinski definition) is 1. The molecule has 0 aliphatic rings. The number of nitrogens with one attached hydrogen (secondary N) is 1. The van der Waals surface area contributed by atoms with Crippen LogP contribution in [0.5, 0.6) is 0 Å². The van der Waals surface area contributed by atoms with E-state index in [9.17, 15) is 14.0 Å². The van der Waals surface area contributed by atoms with Crippen LogP contribution in [0.25, 0.3) is 0 Å². The molecule has 0 unspecified atom stereocenters. The number of carbonyl (C=O) groups excluding carboxylic acids is 2. The van der Waals surface area contributed by atoms with Crippen molar-refractivity contribution < 1.29 is 14.0 Å². The third-order valence-corrected chi connectivity index (χ3v) is 5.47. The number of anilines is 1. The Bertz CT molecular complexity index is 1220. The molecular formula is C29H25FN2O2. The molecule has 4 nitrogen and oxygen atoms in total. The molecular weight excluding hydrogens is 427 g/mol. The van der Waals surface area contributed by atoms with Gasteiger partial charge in [0.1, 0.15) is 5.82 Å². The van der Waals surface area contributed by atoms with Crippen LogP contribution < -0.4 is 10.2 Å². The Morgan fingerprint density at radius 3 is 1.91 bits per heavy atom. The molecule has 0 saturated carbocycles. The van der Waals surface area contributed by atoms with Crippen molar-refractivity contribution in [2.24, 2.45) is 0 Å². The Kier molecular flexibility index (Phi) is 7.45. The lowest BCUT2D eigenvalue weighted by Gasteiger charge is -2.23. The van der Waals surface area contributed by atoms with Crippen molar-refractivity contribution >= 4 is 17.5 Å². The highest BCUT2D eigenvalue weighted by molar-refractivity contribution is 6.06. The van der Waals surface area contributed by atoms with Crippen LogP contribution in [0.3, 0.4) is 0 Å². The second kappa shape index (κ2) is 11.1. The monoisotopic (exact) mass is 452 g/mol. The van der Waals surface area contributed by atoms with Crippen molar-refractivity contribution in [3.05, 3.63) is 137 Å². The first-order chi connectivity index (χ1) is 16.6. The number of carbonyl (C=O) groups is 2. The van der Waals surface area contributed by atoms with E-state index in [4.69, 9.17) is 0 Å². The van der Waals surface area contributed by atoms with Crippen LogP contribution in [0, 0.1) is 5.82 Å². The smallest absolute Gasteiger partial charge is 0.258 e. The number of rotatable bonds is 8. The van der Waals surface area contributed by atoms with Gasteiger partial charge in [0.15, 0.2) is 0 Å². The van der Waals surface area contributed by atoms with Crippen LogP contribution in [0.15, 0.2) is 109 Å². The van der Waals surface area contributed by atoms with Gasteiger partial charge in [0, 0.05) is 17.8 Å². The van der Waals surface area contributed by atoms with Crippen LogP contribution in [-0.4, -0.2) is 11.8 Å². The Morgan fingerprint density at radius 1 is 0.676 bits per heavy atom. The molecule has 0 atom stereocenters. The van der Waals surface area contributed by atoms with Crippen molar-refractivity contribution in [1.29, 1.82) is 0 Å². The summed E-state index contributed by atoms with van der Waals surface area (Å²) in [4.78, 5) is 27.3. The van der Waals surface area contributed by atoms with Crippen molar-refractivity contribution in [3.8, 4) is 0 Å². The summed E-state index contributed by atoms with van der Waals surface area (Å²) in [5.74, 6) is -0.544. The molecule has 0 heterocycles. The average molecular weight is 453 g/mol. The number of hydrogen-bond acceptors (Lipinski definition) is 2. The van der Waals surface area contributed by atoms with Gasteiger partial charge in [-0.25, -0.2) is 4.39 Å². The lowest BCUT2D eigenvalue weighted by Crippen LogP contribution is -2.30. The van der Waals surface area contributed by atoms with Crippen LogP contribution in [0.4, 0.5) is 10.1 Å². The molecule has 0 aliphatic heterocycles. The first-order valence-corrected chi connectivity index (χ1v) is 11.1. The van der Waals surface area contributed by atoms with E-state index in [-0.39, 0.29) is 24.1 Å². The molecule has 0 spiro atoms. The first-order valence-electron chi connectivity index (χ1n) is 11.1. The summed E-state index contributed by atoms with van der Waals surface area (Å²) < 4.78 is 13.4. The molecule has 0 bridgehead atoms. The normalized spacial score (nSPS) is 10.5. The second-order valence-electron chi connectivity index (χ2n) is 7.99. The van der Waals surface area contributed by atoms with Gasteiger partial charge in [-0.3, -0.25) is 9.59 Å². The van der Waals surface area contributed by atoms with E-state index in [1.807, 2.05) is 72.8 Å². The average Bonchev–Trinajstić information content (AvgIpc) is 2.88. The number of halogens is 1. The van der Waals surface area contributed by atoms with Crippen molar-refractivity contribution in [2.45, 2.75) is 19.5 Å². The molecule has 1 N–H and O–H groups in total. The molecule has 0 aromatic heterocycles. The SMILES string of the molecule is O=C(Cc1ccc(N(Cc2ccc(F)cc2)C(=O)c2ccccc2)cc1)NCc1ccccc1. The molecule has 170 valence electrons. The van der Waals surface area contributed by atoms with Gasteiger partial charge in [-0.1, -0.05) is 72.8 Å². The second-order valence-corrected chi connectivity index (χ2v) is 7.99. The fourth-order valence-corrected chi connectivity index (χ4v) is 3.63. The van der Waals surface area contributed by atoms with Crippen molar-refractivity contribution in [1.82, 2.24) is 5.32 Å². The zero-order chi connectivity index (χ0) is 23.8. The van der Waals surface area contributed by atoms with E-state index < -0.39 is 0 Å². The molecule has 0 radical (unpaired) electrons. The summed E-state index contributed by atoms with van der Waals surface area (Å²) in [5, 5.41) is 2.93. The fourth-order valence-electron chi connectivity index (χ4n) is 3.63. The molecule has 34 heavy (non-hydrogen) atoms.